The fraction of sp³-hybridized carbons (Fsp3) is 0.400. The summed E-state index contributed by atoms with van der Waals surface area (Å²) in [6.45, 7) is 5.28. The summed E-state index contributed by atoms with van der Waals surface area (Å²) in [5.41, 5.74) is 2.78. The third-order valence-electron chi connectivity index (χ3n) is 3.14. The number of halogens is 1. The van der Waals surface area contributed by atoms with Gasteiger partial charge in [-0.25, -0.2) is 0 Å². The minimum atomic E-state index is -0.0941. The molecule has 1 N–H and O–H groups in total. The molecule has 0 bridgehead atoms. The highest BCUT2D eigenvalue weighted by Gasteiger charge is 2.09. The standard InChI is InChI=1S/C15H19ClN2O2/c1-3-13-8-14(18(4-2)17-13)10-20-15-6-5-12(16)7-11(15)9-19/h5-8,19H,3-4,9-10H2,1-2H3. The number of aryl methyl sites for hydroxylation is 2. The van der Waals surface area contributed by atoms with Gasteiger partial charge in [-0.2, -0.15) is 5.10 Å². The average molecular weight is 295 g/mol. The van der Waals surface area contributed by atoms with Crippen LogP contribution in [0.1, 0.15) is 30.8 Å². The van der Waals surface area contributed by atoms with Gasteiger partial charge in [0.25, 0.3) is 0 Å². The smallest absolute Gasteiger partial charge is 0.130 e. The topological polar surface area (TPSA) is 47.3 Å². The van der Waals surface area contributed by atoms with E-state index >= 15 is 0 Å². The van der Waals surface area contributed by atoms with Crippen LogP contribution in [0.25, 0.3) is 0 Å². The molecule has 5 heteroatoms. The van der Waals surface area contributed by atoms with Crippen LogP contribution in [0.15, 0.2) is 24.3 Å². The molecule has 0 atom stereocenters. The van der Waals surface area contributed by atoms with E-state index in [1.807, 2.05) is 4.68 Å². The lowest BCUT2D eigenvalue weighted by atomic mass is 10.2. The van der Waals surface area contributed by atoms with Crippen molar-refractivity contribution in [2.45, 2.75) is 40.0 Å². The van der Waals surface area contributed by atoms with Gasteiger partial charge in [-0.15, -0.1) is 0 Å². The molecule has 108 valence electrons. The number of benzene rings is 1. The molecule has 0 radical (unpaired) electrons. The van der Waals surface area contributed by atoms with Crippen LogP contribution in [0.2, 0.25) is 5.02 Å². The molecule has 1 aromatic carbocycles. The predicted molar refractivity (Wildman–Crippen MR) is 79.0 cm³/mol. The molecular formula is C15H19ClN2O2. The lowest BCUT2D eigenvalue weighted by molar-refractivity contribution is 0.255. The van der Waals surface area contributed by atoms with Crippen molar-refractivity contribution in [2.24, 2.45) is 0 Å². The Bertz CT molecular complexity index is 581. The van der Waals surface area contributed by atoms with Gasteiger partial charge in [0.1, 0.15) is 12.4 Å². The first-order valence-corrected chi connectivity index (χ1v) is 7.13. The van der Waals surface area contributed by atoms with E-state index in [1.54, 1.807) is 18.2 Å². The molecule has 0 saturated heterocycles. The molecule has 0 aliphatic rings. The normalized spacial score (nSPS) is 10.8. The van der Waals surface area contributed by atoms with E-state index in [-0.39, 0.29) is 6.61 Å². The van der Waals surface area contributed by atoms with Gasteiger partial charge in [-0.05, 0) is 37.6 Å². The molecule has 20 heavy (non-hydrogen) atoms. The monoisotopic (exact) mass is 294 g/mol. The lowest BCUT2D eigenvalue weighted by Gasteiger charge is -2.11. The fourth-order valence-corrected chi connectivity index (χ4v) is 2.24. The second-order valence-corrected chi connectivity index (χ2v) is 4.93. The van der Waals surface area contributed by atoms with Gasteiger partial charge in [0.2, 0.25) is 0 Å². The summed E-state index contributed by atoms with van der Waals surface area (Å²) in [7, 11) is 0. The molecule has 1 heterocycles. The zero-order valence-electron chi connectivity index (χ0n) is 11.8. The highest BCUT2D eigenvalue weighted by atomic mass is 35.5. The van der Waals surface area contributed by atoms with Crippen molar-refractivity contribution >= 4 is 11.6 Å². The van der Waals surface area contributed by atoms with Crippen LogP contribution >= 0.6 is 11.6 Å². The lowest BCUT2D eigenvalue weighted by Crippen LogP contribution is -2.07. The van der Waals surface area contributed by atoms with Crippen LogP contribution in [0.3, 0.4) is 0 Å². The van der Waals surface area contributed by atoms with Crippen LogP contribution in [-0.2, 0) is 26.2 Å². The quantitative estimate of drug-likeness (QED) is 0.890. The first kappa shape index (κ1) is 14.9. The van der Waals surface area contributed by atoms with E-state index in [1.165, 1.54) is 0 Å². The van der Waals surface area contributed by atoms with Gasteiger partial charge in [0.05, 0.1) is 18.0 Å². The number of nitrogens with zero attached hydrogens (tertiary/aromatic N) is 2. The summed E-state index contributed by atoms with van der Waals surface area (Å²) in [5, 5.41) is 14.4. The summed E-state index contributed by atoms with van der Waals surface area (Å²) in [6, 6.07) is 7.30. The largest absolute Gasteiger partial charge is 0.487 e. The fourth-order valence-electron chi connectivity index (χ4n) is 2.04. The van der Waals surface area contributed by atoms with Crippen molar-refractivity contribution in [1.29, 1.82) is 0 Å². The Kier molecular flexibility index (Phi) is 5.04. The van der Waals surface area contributed by atoms with Gasteiger partial charge < -0.3 is 9.84 Å². The molecule has 0 aliphatic carbocycles. The number of aromatic nitrogens is 2. The number of rotatable bonds is 6. The van der Waals surface area contributed by atoms with Crippen molar-refractivity contribution < 1.29 is 9.84 Å². The van der Waals surface area contributed by atoms with Crippen LogP contribution in [0, 0.1) is 0 Å². The maximum Gasteiger partial charge on any atom is 0.130 e. The Morgan fingerprint density at radius 1 is 1.30 bits per heavy atom. The second kappa shape index (κ2) is 6.77. The van der Waals surface area contributed by atoms with Gasteiger partial charge in [0, 0.05) is 17.1 Å². The van der Waals surface area contributed by atoms with Crippen molar-refractivity contribution in [1.82, 2.24) is 9.78 Å². The minimum Gasteiger partial charge on any atom is -0.487 e. The first-order chi connectivity index (χ1) is 9.67. The van der Waals surface area contributed by atoms with Crippen molar-refractivity contribution in [3.63, 3.8) is 0 Å². The Hall–Kier alpha value is -1.52. The van der Waals surface area contributed by atoms with E-state index in [0.717, 1.165) is 24.4 Å². The first-order valence-electron chi connectivity index (χ1n) is 6.75. The second-order valence-electron chi connectivity index (χ2n) is 4.50. The van der Waals surface area contributed by atoms with Gasteiger partial charge >= 0.3 is 0 Å². The zero-order valence-corrected chi connectivity index (χ0v) is 12.5. The highest BCUT2D eigenvalue weighted by Crippen LogP contribution is 2.24. The number of hydrogen-bond acceptors (Lipinski definition) is 3. The van der Waals surface area contributed by atoms with E-state index in [2.05, 4.69) is 25.0 Å². The highest BCUT2D eigenvalue weighted by molar-refractivity contribution is 6.30. The molecular weight excluding hydrogens is 276 g/mol. The number of aliphatic hydroxyl groups excluding tert-OH is 1. The molecule has 0 amide bonds. The molecule has 0 unspecified atom stereocenters. The number of aliphatic hydroxyl groups is 1. The molecule has 0 aliphatic heterocycles. The predicted octanol–water partition coefficient (Wildman–Crippen LogP) is 3.19. The molecule has 4 nitrogen and oxygen atoms in total. The number of ether oxygens (including phenoxy) is 1. The van der Waals surface area contributed by atoms with Crippen molar-refractivity contribution in [3.05, 3.63) is 46.2 Å². The Morgan fingerprint density at radius 2 is 2.10 bits per heavy atom. The zero-order chi connectivity index (χ0) is 14.5. The number of hydrogen-bond donors (Lipinski definition) is 1. The maximum absolute atomic E-state index is 9.33. The van der Waals surface area contributed by atoms with Crippen LogP contribution in [0.4, 0.5) is 0 Å². The molecule has 0 fully saturated rings. The van der Waals surface area contributed by atoms with E-state index in [4.69, 9.17) is 16.3 Å². The van der Waals surface area contributed by atoms with Gasteiger partial charge in [-0.3, -0.25) is 4.68 Å². The SMILES string of the molecule is CCc1cc(COc2ccc(Cl)cc2CO)n(CC)n1. The Labute approximate surface area is 123 Å². The summed E-state index contributed by atoms with van der Waals surface area (Å²) >= 11 is 5.90. The third kappa shape index (κ3) is 3.32. The summed E-state index contributed by atoms with van der Waals surface area (Å²) < 4.78 is 7.73. The minimum absolute atomic E-state index is 0.0941. The molecule has 0 saturated carbocycles. The summed E-state index contributed by atoms with van der Waals surface area (Å²) in [6.07, 6.45) is 0.906. The molecule has 2 rings (SSSR count). The van der Waals surface area contributed by atoms with Crippen LogP contribution in [-0.4, -0.2) is 14.9 Å². The van der Waals surface area contributed by atoms with Crippen molar-refractivity contribution in [3.8, 4) is 5.75 Å². The average Bonchev–Trinajstić information content (AvgIpc) is 2.88. The van der Waals surface area contributed by atoms with E-state index < -0.39 is 0 Å². The summed E-state index contributed by atoms with van der Waals surface area (Å²) in [5.74, 6) is 0.652. The van der Waals surface area contributed by atoms with E-state index in [0.29, 0.717) is 22.9 Å². The molecule has 2 aromatic rings. The van der Waals surface area contributed by atoms with Crippen LogP contribution < -0.4 is 4.74 Å². The molecule has 1 aromatic heterocycles. The van der Waals surface area contributed by atoms with Crippen LogP contribution in [0.5, 0.6) is 5.75 Å². The Balaban J connectivity index is 2.14. The third-order valence-corrected chi connectivity index (χ3v) is 3.38. The van der Waals surface area contributed by atoms with Crippen molar-refractivity contribution in [2.75, 3.05) is 0 Å². The maximum atomic E-state index is 9.33. The molecule has 0 spiro atoms. The van der Waals surface area contributed by atoms with Gasteiger partial charge in [0.15, 0.2) is 0 Å². The van der Waals surface area contributed by atoms with Gasteiger partial charge in [-0.1, -0.05) is 18.5 Å². The summed E-state index contributed by atoms with van der Waals surface area (Å²) in [4.78, 5) is 0. The van der Waals surface area contributed by atoms with E-state index in [9.17, 15) is 5.11 Å². The Morgan fingerprint density at radius 3 is 2.75 bits per heavy atom.